The van der Waals surface area contributed by atoms with E-state index >= 15 is 0 Å². The second-order valence-corrected chi connectivity index (χ2v) is 9.11. The van der Waals surface area contributed by atoms with Gasteiger partial charge in [0.25, 0.3) is 0 Å². The number of nitrogens with one attached hydrogen (secondary N) is 1. The van der Waals surface area contributed by atoms with Crippen LogP contribution in [0, 0.1) is 6.92 Å². The predicted molar refractivity (Wildman–Crippen MR) is 114 cm³/mol. The van der Waals surface area contributed by atoms with Crippen LogP contribution in [0.15, 0.2) is 58.9 Å². The maximum Gasteiger partial charge on any atom is 0.228 e. The van der Waals surface area contributed by atoms with Gasteiger partial charge in [-0.2, -0.15) is 0 Å². The normalized spacial score (nSPS) is 15.5. The Balaban J connectivity index is 1.74. The van der Waals surface area contributed by atoms with Crippen LogP contribution in [0.25, 0.3) is 21.8 Å². The van der Waals surface area contributed by atoms with Crippen LogP contribution >= 0.6 is 0 Å². The van der Waals surface area contributed by atoms with Gasteiger partial charge in [0.15, 0.2) is 9.84 Å². The Hall–Kier alpha value is -2.86. The first-order valence-corrected chi connectivity index (χ1v) is 10.8. The summed E-state index contributed by atoms with van der Waals surface area (Å²) >= 11 is 0. The van der Waals surface area contributed by atoms with E-state index in [9.17, 15) is 13.2 Å². The molecule has 28 heavy (non-hydrogen) atoms. The molecule has 0 fully saturated rings. The summed E-state index contributed by atoms with van der Waals surface area (Å²) in [5.74, 6) is -0.233. The third kappa shape index (κ3) is 3.14. The highest BCUT2D eigenvalue weighted by Crippen LogP contribution is 2.36. The average molecular weight is 394 g/mol. The average Bonchev–Trinajstić information content (AvgIpc) is 3.14. The van der Waals surface area contributed by atoms with Crippen molar-refractivity contribution in [2.24, 2.45) is 0 Å². The molecule has 0 spiro atoms. The smallest absolute Gasteiger partial charge is 0.228 e. The van der Waals surface area contributed by atoms with Gasteiger partial charge in [-0.25, -0.2) is 8.42 Å². The van der Waals surface area contributed by atoms with Crippen molar-refractivity contribution in [3.8, 4) is 0 Å². The van der Waals surface area contributed by atoms with Crippen LogP contribution in [0.5, 0.6) is 0 Å². The lowest BCUT2D eigenvalue weighted by Gasteiger charge is -2.13. The van der Waals surface area contributed by atoms with Crippen LogP contribution in [0.2, 0.25) is 0 Å². The summed E-state index contributed by atoms with van der Waals surface area (Å²) in [6, 6.07) is 12.6. The Bertz CT molecular complexity index is 1280. The van der Waals surface area contributed by atoms with Gasteiger partial charge < -0.3 is 9.88 Å². The van der Waals surface area contributed by atoms with E-state index in [1.807, 2.05) is 31.2 Å². The molecule has 3 aromatic rings. The number of rotatable bonds is 4. The number of nitrogens with zero attached hydrogens (tertiary/aromatic N) is 1. The highest BCUT2D eigenvalue weighted by Gasteiger charge is 2.18. The molecule has 0 bridgehead atoms. The fourth-order valence-corrected chi connectivity index (χ4v) is 4.93. The molecule has 2 aromatic carbocycles. The number of fused-ring (bicyclic) bond motifs is 3. The molecule has 1 aromatic heterocycles. The predicted octanol–water partition coefficient (Wildman–Crippen LogP) is 4.84. The number of aromatic nitrogens is 1. The zero-order chi connectivity index (χ0) is 20.1. The van der Waals surface area contributed by atoms with Crippen molar-refractivity contribution in [3.63, 3.8) is 0 Å². The van der Waals surface area contributed by atoms with Gasteiger partial charge in [0.2, 0.25) is 5.91 Å². The maximum atomic E-state index is 12.5. The monoisotopic (exact) mass is 394 g/mol. The highest BCUT2D eigenvalue weighted by molar-refractivity contribution is 7.97. The number of allylic oxidation sites excluding steroid dienone is 1. The van der Waals surface area contributed by atoms with Gasteiger partial charge in [-0.15, -0.1) is 0 Å². The number of hydrogen-bond acceptors (Lipinski definition) is 3. The van der Waals surface area contributed by atoms with Gasteiger partial charge >= 0.3 is 0 Å². The minimum atomic E-state index is -3.31. The molecule has 0 unspecified atom stereocenters. The minimum Gasteiger partial charge on any atom is -0.338 e. The number of amides is 1. The van der Waals surface area contributed by atoms with Gasteiger partial charge in [-0.05, 0) is 56.2 Å². The molecule has 4 rings (SSSR count). The summed E-state index contributed by atoms with van der Waals surface area (Å²) in [6.45, 7) is 6.33. The Labute approximate surface area is 164 Å². The number of aryl methyl sites for hydroxylation is 1. The number of benzene rings is 2. The van der Waals surface area contributed by atoms with Crippen LogP contribution in [-0.2, 0) is 14.6 Å². The molecule has 144 valence electrons. The number of carbonyl (C=O) groups is 1. The first-order chi connectivity index (χ1) is 13.3. The Morgan fingerprint density at radius 3 is 2.54 bits per heavy atom. The summed E-state index contributed by atoms with van der Waals surface area (Å²) in [6.07, 6.45) is 1.50. The molecule has 1 aliphatic heterocycles. The molecular weight excluding hydrogens is 372 g/mol. The largest absolute Gasteiger partial charge is 0.338 e. The fourth-order valence-electron chi connectivity index (χ4n) is 3.91. The summed E-state index contributed by atoms with van der Waals surface area (Å²) in [7, 11) is -3.31. The standard InChI is InChI=1S/C22H22N2O3S/c1-14(2)24-19-7-5-4-6-17(19)22-15(3)18(8-9-20(22)24)23-21(25)12-16-10-11-28(26,27)13-16/h4-11,13-14H,12H2,1-3H3,(H,23,25). The lowest BCUT2D eigenvalue weighted by atomic mass is 10.1. The molecule has 1 N–H and O–H groups in total. The van der Waals surface area contributed by atoms with Gasteiger partial charge in [-0.3, -0.25) is 4.79 Å². The van der Waals surface area contributed by atoms with E-state index in [4.69, 9.17) is 0 Å². The number of hydrogen-bond donors (Lipinski definition) is 1. The van der Waals surface area contributed by atoms with E-state index in [-0.39, 0.29) is 12.3 Å². The maximum absolute atomic E-state index is 12.5. The zero-order valence-corrected chi connectivity index (χ0v) is 16.9. The number of carbonyl (C=O) groups excluding carboxylic acids is 1. The summed E-state index contributed by atoms with van der Waals surface area (Å²) in [4.78, 5) is 12.5. The summed E-state index contributed by atoms with van der Waals surface area (Å²) in [5.41, 5.74) is 4.55. The molecule has 1 aliphatic rings. The Morgan fingerprint density at radius 1 is 1.11 bits per heavy atom. The molecule has 6 heteroatoms. The Morgan fingerprint density at radius 2 is 1.86 bits per heavy atom. The first kappa shape index (κ1) is 18.5. The quantitative estimate of drug-likeness (QED) is 0.688. The van der Waals surface area contributed by atoms with Gasteiger partial charge in [-0.1, -0.05) is 18.2 Å². The lowest BCUT2D eigenvalue weighted by Crippen LogP contribution is -2.12. The van der Waals surface area contributed by atoms with Crippen LogP contribution in [-0.4, -0.2) is 18.9 Å². The number of anilines is 1. The van der Waals surface area contributed by atoms with Crippen molar-refractivity contribution in [3.05, 3.63) is 64.4 Å². The van der Waals surface area contributed by atoms with Gasteiger partial charge in [0.1, 0.15) is 0 Å². The van der Waals surface area contributed by atoms with E-state index < -0.39 is 9.84 Å². The van der Waals surface area contributed by atoms with Crippen molar-refractivity contribution >= 4 is 43.2 Å². The van der Waals surface area contributed by atoms with E-state index in [0.29, 0.717) is 11.6 Å². The van der Waals surface area contributed by atoms with Crippen molar-refractivity contribution in [1.29, 1.82) is 0 Å². The summed E-state index contributed by atoms with van der Waals surface area (Å²) < 4.78 is 25.2. The zero-order valence-electron chi connectivity index (χ0n) is 16.1. The SMILES string of the molecule is Cc1c(NC(=O)CC2=CS(=O)(=O)C=C2)ccc2c1c1ccccc1n2C(C)C. The van der Waals surface area contributed by atoms with E-state index in [1.54, 1.807) is 0 Å². The van der Waals surface area contributed by atoms with E-state index in [0.717, 1.165) is 38.4 Å². The Kier molecular flexibility index (Phi) is 4.38. The van der Waals surface area contributed by atoms with Crippen LogP contribution in [0.1, 0.15) is 31.9 Å². The topological polar surface area (TPSA) is 68.2 Å². The molecule has 0 atom stereocenters. The third-order valence-electron chi connectivity index (χ3n) is 5.08. The molecular formula is C22H22N2O3S. The molecule has 0 saturated carbocycles. The number of para-hydroxylation sites is 1. The molecule has 0 aliphatic carbocycles. The second-order valence-electron chi connectivity index (χ2n) is 7.42. The summed E-state index contributed by atoms with van der Waals surface area (Å²) in [5, 5.41) is 7.49. The van der Waals surface area contributed by atoms with E-state index in [1.165, 1.54) is 11.6 Å². The van der Waals surface area contributed by atoms with Crippen molar-refractivity contribution in [2.45, 2.75) is 33.2 Å². The molecule has 1 amide bonds. The van der Waals surface area contributed by atoms with Crippen LogP contribution in [0.3, 0.4) is 0 Å². The van der Waals surface area contributed by atoms with Crippen molar-refractivity contribution < 1.29 is 13.2 Å². The lowest BCUT2D eigenvalue weighted by molar-refractivity contribution is -0.115. The van der Waals surface area contributed by atoms with Crippen molar-refractivity contribution in [2.75, 3.05) is 5.32 Å². The van der Waals surface area contributed by atoms with Crippen LogP contribution < -0.4 is 5.32 Å². The van der Waals surface area contributed by atoms with Gasteiger partial charge in [0, 0.05) is 44.4 Å². The van der Waals surface area contributed by atoms with Crippen molar-refractivity contribution in [1.82, 2.24) is 4.57 Å². The molecule has 2 heterocycles. The highest BCUT2D eigenvalue weighted by atomic mass is 32.2. The second kappa shape index (κ2) is 6.63. The van der Waals surface area contributed by atoms with E-state index in [2.05, 4.69) is 35.9 Å². The first-order valence-electron chi connectivity index (χ1n) is 9.22. The van der Waals surface area contributed by atoms with Crippen LogP contribution in [0.4, 0.5) is 5.69 Å². The third-order valence-corrected chi connectivity index (χ3v) is 6.22. The molecule has 0 saturated heterocycles. The number of sulfone groups is 1. The fraction of sp³-hybridized carbons (Fsp3) is 0.227. The molecule has 5 nitrogen and oxygen atoms in total. The molecule has 0 radical (unpaired) electrons. The van der Waals surface area contributed by atoms with Gasteiger partial charge in [0.05, 0.1) is 6.42 Å². The minimum absolute atomic E-state index is 0.0287.